The van der Waals surface area contributed by atoms with Gasteiger partial charge in [-0.05, 0) is 12.0 Å². The Hall–Kier alpha value is -1.66. The van der Waals surface area contributed by atoms with Crippen LogP contribution in [0.5, 0.6) is 0 Å². The summed E-state index contributed by atoms with van der Waals surface area (Å²) in [5, 5.41) is 17.9. The molecule has 0 fully saturated rings. The lowest BCUT2D eigenvalue weighted by Crippen LogP contribution is -2.36. The predicted molar refractivity (Wildman–Crippen MR) is 75.4 cm³/mol. The van der Waals surface area contributed by atoms with Crippen LogP contribution < -0.4 is 0 Å². The third-order valence-corrected chi connectivity index (χ3v) is 3.69. The molecule has 0 saturated heterocycles. The number of hydrogen-bond donors (Lipinski definition) is 2. The number of aliphatic carboxylic acids is 1. The number of carboxylic acid groups (broad SMARTS) is 1. The molecule has 0 bridgehead atoms. The average molecular weight is 296 g/mol. The fourth-order valence-corrected chi connectivity index (χ4v) is 2.42. The summed E-state index contributed by atoms with van der Waals surface area (Å²) in [6, 6.07) is 9.07. The SMILES string of the molecule is CC(=O)SCC(Cc1ccccc1)C(=O)C(O)C(=O)O. The Balaban J connectivity index is 2.81. The van der Waals surface area contributed by atoms with Crippen LogP contribution in [0.15, 0.2) is 30.3 Å². The van der Waals surface area contributed by atoms with Crippen molar-refractivity contribution in [2.75, 3.05) is 5.75 Å². The van der Waals surface area contributed by atoms with E-state index < -0.39 is 23.8 Å². The van der Waals surface area contributed by atoms with Gasteiger partial charge in [-0.15, -0.1) is 0 Å². The lowest BCUT2D eigenvalue weighted by molar-refractivity contribution is -0.153. The molecule has 108 valence electrons. The van der Waals surface area contributed by atoms with Crippen LogP contribution in [0.4, 0.5) is 0 Å². The lowest BCUT2D eigenvalue weighted by atomic mass is 9.94. The van der Waals surface area contributed by atoms with Gasteiger partial charge in [0, 0.05) is 18.6 Å². The molecule has 0 amide bonds. The van der Waals surface area contributed by atoms with Crippen LogP contribution in [-0.4, -0.2) is 38.9 Å². The molecule has 2 unspecified atom stereocenters. The number of aliphatic hydroxyl groups excluding tert-OH is 1. The van der Waals surface area contributed by atoms with Crippen LogP contribution in [-0.2, 0) is 20.8 Å². The van der Waals surface area contributed by atoms with Gasteiger partial charge in [0.25, 0.3) is 0 Å². The number of ketones is 1. The fourth-order valence-electron chi connectivity index (χ4n) is 1.70. The fraction of sp³-hybridized carbons (Fsp3) is 0.357. The predicted octanol–water partition coefficient (Wildman–Crippen LogP) is 1.14. The first-order valence-corrected chi connectivity index (χ1v) is 7.02. The van der Waals surface area contributed by atoms with E-state index in [-0.39, 0.29) is 10.9 Å². The van der Waals surface area contributed by atoms with Crippen molar-refractivity contribution in [3.63, 3.8) is 0 Å². The standard InChI is InChI=1S/C14H16O5S/c1-9(15)20-8-11(12(16)13(17)14(18)19)7-10-5-3-2-4-6-10/h2-6,11,13,17H,7-8H2,1H3,(H,18,19). The van der Waals surface area contributed by atoms with Crippen molar-refractivity contribution < 1.29 is 24.6 Å². The van der Waals surface area contributed by atoms with Crippen LogP contribution in [0.25, 0.3) is 0 Å². The second kappa shape index (κ2) is 7.81. The Morgan fingerprint density at radius 2 is 1.80 bits per heavy atom. The maximum absolute atomic E-state index is 11.9. The van der Waals surface area contributed by atoms with Gasteiger partial charge in [-0.1, -0.05) is 42.1 Å². The molecule has 6 heteroatoms. The van der Waals surface area contributed by atoms with E-state index in [1.165, 1.54) is 6.92 Å². The maximum Gasteiger partial charge on any atom is 0.340 e. The second-order valence-corrected chi connectivity index (χ2v) is 5.53. The van der Waals surface area contributed by atoms with Crippen LogP contribution >= 0.6 is 11.8 Å². The summed E-state index contributed by atoms with van der Waals surface area (Å²) in [5.74, 6) is -2.89. The van der Waals surface area contributed by atoms with Crippen LogP contribution in [0.3, 0.4) is 0 Å². The first-order chi connectivity index (χ1) is 9.41. The average Bonchev–Trinajstić information content (AvgIpc) is 2.42. The van der Waals surface area contributed by atoms with Crippen LogP contribution in [0.1, 0.15) is 12.5 Å². The molecule has 0 aromatic heterocycles. The number of carbonyl (C=O) groups is 3. The molecule has 0 aliphatic rings. The number of benzene rings is 1. The molecular formula is C14H16O5S. The highest BCUT2D eigenvalue weighted by Gasteiger charge is 2.30. The van der Waals surface area contributed by atoms with Gasteiger partial charge in [0.2, 0.25) is 6.10 Å². The molecule has 5 nitrogen and oxygen atoms in total. The number of Topliss-reactive ketones (excluding diaryl/α,β-unsaturated/α-hetero) is 1. The van der Waals surface area contributed by atoms with Crippen molar-refractivity contribution in [3.8, 4) is 0 Å². The maximum atomic E-state index is 11.9. The summed E-state index contributed by atoms with van der Waals surface area (Å²) in [5.41, 5.74) is 0.854. The van der Waals surface area contributed by atoms with E-state index in [1.54, 1.807) is 0 Å². The molecule has 0 heterocycles. The van der Waals surface area contributed by atoms with Crippen LogP contribution in [0.2, 0.25) is 0 Å². The van der Waals surface area contributed by atoms with Crippen molar-refractivity contribution in [2.24, 2.45) is 5.92 Å². The molecule has 0 saturated carbocycles. The quantitative estimate of drug-likeness (QED) is 0.733. The van der Waals surface area contributed by atoms with E-state index in [2.05, 4.69) is 0 Å². The highest BCUT2D eigenvalue weighted by molar-refractivity contribution is 8.13. The summed E-state index contributed by atoms with van der Waals surface area (Å²) >= 11 is 0.952. The largest absolute Gasteiger partial charge is 0.479 e. The normalized spacial score (nSPS) is 13.5. The van der Waals surface area contributed by atoms with Crippen molar-refractivity contribution >= 4 is 28.6 Å². The van der Waals surface area contributed by atoms with Crippen molar-refractivity contribution in [2.45, 2.75) is 19.4 Å². The number of hydrogen-bond acceptors (Lipinski definition) is 5. The zero-order valence-corrected chi connectivity index (χ0v) is 11.8. The van der Waals surface area contributed by atoms with Crippen molar-refractivity contribution in [3.05, 3.63) is 35.9 Å². The summed E-state index contributed by atoms with van der Waals surface area (Å²) in [6.45, 7) is 1.38. The molecule has 1 aromatic carbocycles. The topological polar surface area (TPSA) is 91.7 Å². The van der Waals surface area contributed by atoms with Gasteiger partial charge in [-0.2, -0.15) is 0 Å². The van der Waals surface area contributed by atoms with E-state index in [9.17, 15) is 19.5 Å². The highest BCUT2D eigenvalue weighted by atomic mass is 32.2. The Labute approximate surface area is 121 Å². The first-order valence-electron chi connectivity index (χ1n) is 6.03. The lowest BCUT2D eigenvalue weighted by Gasteiger charge is -2.16. The van der Waals surface area contributed by atoms with E-state index in [0.717, 1.165) is 17.3 Å². The number of rotatable bonds is 7. The van der Waals surface area contributed by atoms with Gasteiger partial charge in [0.15, 0.2) is 10.9 Å². The molecule has 2 atom stereocenters. The van der Waals surface area contributed by atoms with Gasteiger partial charge >= 0.3 is 5.97 Å². The highest BCUT2D eigenvalue weighted by Crippen LogP contribution is 2.18. The Morgan fingerprint density at radius 3 is 2.30 bits per heavy atom. The third kappa shape index (κ3) is 5.14. The molecule has 0 aliphatic heterocycles. The molecular weight excluding hydrogens is 280 g/mol. The molecule has 1 rings (SSSR count). The van der Waals surface area contributed by atoms with Gasteiger partial charge < -0.3 is 10.2 Å². The van der Waals surface area contributed by atoms with Crippen molar-refractivity contribution in [1.29, 1.82) is 0 Å². The number of carboxylic acids is 1. The second-order valence-electron chi connectivity index (χ2n) is 4.33. The third-order valence-electron chi connectivity index (χ3n) is 2.72. The number of carbonyl (C=O) groups excluding carboxylic acids is 2. The van der Waals surface area contributed by atoms with Gasteiger partial charge in [-0.25, -0.2) is 4.79 Å². The molecule has 2 N–H and O–H groups in total. The van der Waals surface area contributed by atoms with E-state index in [4.69, 9.17) is 5.11 Å². The monoisotopic (exact) mass is 296 g/mol. The zero-order chi connectivity index (χ0) is 15.1. The smallest absolute Gasteiger partial charge is 0.340 e. The Bertz CT molecular complexity index is 486. The van der Waals surface area contributed by atoms with E-state index in [1.807, 2.05) is 30.3 Å². The first kappa shape index (κ1) is 16.4. The van der Waals surface area contributed by atoms with Gasteiger partial charge in [0.05, 0.1) is 0 Å². The summed E-state index contributed by atoms with van der Waals surface area (Å²) in [7, 11) is 0. The molecule has 1 aromatic rings. The van der Waals surface area contributed by atoms with E-state index >= 15 is 0 Å². The van der Waals surface area contributed by atoms with Crippen molar-refractivity contribution in [1.82, 2.24) is 0 Å². The van der Waals surface area contributed by atoms with Gasteiger partial charge in [0.1, 0.15) is 0 Å². The summed E-state index contributed by atoms with van der Waals surface area (Å²) in [6.07, 6.45) is -1.75. The molecule has 0 aliphatic carbocycles. The molecule has 20 heavy (non-hydrogen) atoms. The van der Waals surface area contributed by atoms with Crippen LogP contribution in [0, 0.1) is 5.92 Å². The minimum absolute atomic E-state index is 0.152. The van der Waals surface area contributed by atoms with Gasteiger partial charge in [-0.3, -0.25) is 9.59 Å². The minimum atomic E-state index is -2.05. The number of thioether (sulfide) groups is 1. The summed E-state index contributed by atoms with van der Waals surface area (Å²) < 4.78 is 0. The zero-order valence-electron chi connectivity index (χ0n) is 11.0. The molecule has 0 spiro atoms. The Morgan fingerprint density at radius 1 is 1.20 bits per heavy atom. The molecule has 0 radical (unpaired) electrons. The minimum Gasteiger partial charge on any atom is -0.479 e. The Kier molecular flexibility index (Phi) is 6.41. The van der Waals surface area contributed by atoms with E-state index in [0.29, 0.717) is 6.42 Å². The number of aliphatic hydroxyl groups is 1. The summed E-state index contributed by atoms with van der Waals surface area (Å²) in [4.78, 5) is 33.6.